The van der Waals surface area contributed by atoms with Gasteiger partial charge in [0.25, 0.3) is 0 Å². The van der Waals surface area contributed by atoms with E-state index in [1.807, 2.05) is 23.0 Å². The molecule has 0 amide bonds. The first kappa shape index (κ1) is 22.3. The van der Waals surface area contributed by atoms with Gasteiger partial charge in [0.2, 0.25) is 0 Å². The lowest BCUT2D eigenvalue weighted by Gasteiger charge is -2.22. The summed E-state index contributed by atoms with van der Waals surface area (Å²) < 4.78 is 7.18. The fourth-order valence-corrected chi connectivity index (χ4v) is 2.56. The topological polar surface area (TPSA) is 54.7 Å². The van der Waals surface area contributed by atoms with E-state index in [9.17, 15) is 0 Å². The maximum atomic E-state index is 5.21. The third kappa shape index (κ3) is 7.23. The van der Waals surface area contributed by atoms with Gasteiger partial charge in [-0.05, 0) is 43.5 Å². The van der Waals surface area contributed by atoms with Gasteiger partial charge in [0.15, 0.2) is 5.96 Å². The fraction of sp³-hybridized carbons (Fsp3) is 0.474. The fourth-order valence-electron chi connectivity index (χ4n) is 2.56. The van der Waals surface area contributed by atoms with Crippen LogP contribution >= 0.6 is 24.0 Å². The molecule has 0 unspecified atom stereocenters. The third-order valence-electron chi connectivity index (χ3n) is 3.84. The molecule has 144 valence electrons. The van der Waals surface area contributed by atoms with Crippen molar-refractivity contribution in [1.82, 2.24) is 20.0 Å². The highest BCUT2D eigenvalue weighted by Crippen LogP contribution is 2.12. The third-order valence-corrected chi connectivity index (χ3v) is 3.84. The first-order chi connectivity index (χ1) is 12.1. The van der Waals surface area contributed by atoms with Crippen molar-refractivity contribution in [3.05, 3.63) is 47.8 Å². The molecule has 26 heavy (non-hydrogen) atoms. The van der Waals surface area contributed by atoms with Gasteiger partial charge in [-0.25, -0.2) is 0 Å². The Morgan fingerprint density at radius 3 is 2.62 bits per heavy atom. The maximum absolute atomic E-state index is 5.21. The van der Waals surface area contributed by atoms with Crippen LogP contribution in [0.25, 0.3) is 0 Å². The summed E-state index contributed by atoms with van der Waals surface area (Å²) in [6.07, 6.45) is 4.91. The van der Waals surface area contributed by atoms with Crippen molar-refractivity contribution in [3.63, 3.8) is 0 Å². The van der Waals surface area contributed by atoms with Crippen LogP contribution in [0.15, 0.2) is 41.7 Å². The molecule has 1 aromatic carbocycles. The average Bonchev–Trinajstić information content (AvgIpc) is 3.03. The van der Waals surface area contributed by atoms with Gasteiger partial charge in [-0.3, -0.25) is 9.67 Å². The van der Waals surface area contributed by atoms with E-state index in [0.29, 0.717) is 0 Å². The number of nitrogens with one attached hydrogen (secondary N) is 1. The van der Waals surface area contributed by atoms with E-state index in [0.717, 1.165) is 44.3 Å². The quantitative estimate of drug-likeness (QED) is 0.278. The predicted molar refractivity (Wildman–Crippen MR) is 117 cm³/mol. The molecule has 0 aliphatic carbocycles. The van der Waals surface area contributed by atoms with Gasteiger partial charge in [0.1, 0.15) is 5.75 Å². The number of benzene rings is 1. The minimum Gasteiger partial charge on any atom is -0.497 e. The molecule has 0 atom stereocenters. The molecule has 7 heteroatoms. The number of guanidine groups is 1. The van der Waals surface area contributed by atoms with E-state index in [-0.39, 0.29) is 24.0 Å². The molecule has 1 aromatic heterocycles. The monoisotopic (exact) mass is 471 g/mol. The van der Waals surface area contributed by atoms with Crippen molar-refractivity contribution in [2.75, 3.05) is 27.2 Å². The van der Waals surface area contributed by atoms with Gasteiger partial charge in [-0.15, -0.1) is 24.0 Å². The molecule has 0 radical (unpaired) electrons. The normalized spacial score (nSPS) is 11.0. The van der Waals surface area contributed by atoms with Crippen LogP contribution in [-0.2, 0) is 13.1 Å². The number of hydrogen-bond donors (Lipinski definition) is 1. The van der Waals surface area contributed by atoms with Crippen molar-refractivity contribution >= 4 is 29.9 Å². The lowest BCUT2D eigenvalue weighted by Crippen LogP contribution is -2.38. The molecule has 2 rings (SSSR count). The molecule has 2 aromatic rings. The summed E-state index contributed by atoms with van der Waals surface area (Å²) in [5.41, 5.74) is 2.41. The Labute approximate surface area is 173 Å². The van der Waals surface area contributed by atoms with E-state index in [1.165, 1.54) is 11.1 Å². The van der Waals surface area contributed by atoms with Gasteiger partial charge in [-0.2, -0.15) is 5.10 Å². The molecule has 1 heterocycles. The van der Waals surface area contributed by atoms with Gasteiger partial charge < -0.3 is 15.0 Å². The molecule has 0 aliphatic heterocycles. The number of aliphatic imine (C=N–C) groups is 1. The number of methoxy groups -OCH3 is 1. The first-order valence-electron chi connectivity index (χ1n) is 8.73. The second kappa shape index (κ2) is 11.8. The van der Waals surface area contributed by atoms with Gasteiger partial charge in [-0.1, -0.05) is 12.1 Å². The Hall–Kier alpha value is -1.77. The zero-order valence-corrected chi connectivity index (χ0v) is 18.4. The average molecular weight is 471 g/mol. The first-order valence-corrected chi connectivity index (χ1v) is 8.73. The van der Waals surface area contributed by atoms with Crippen LogP contribution in [0.5, 0.6) is 5.75 Å². The predicted octanol–water partition coefficient (Wildman–Crippen LogP) is 3.31. The van der Waals surface area contributed by atoms with Gasteiger partial charge in [0, 0.05) is 39.4 Å². The van der Waals surface area contributed by atoms with Gasteiger partial charge in [0.05, 0.1) is 13.3 Å². The van der Waals surface area contributed by atoms with E-state index in [1.54, 1.807) is 7.11 Å². The summed E-state index contributed by atoms with van der Waals surface area (Å²) in [5, 5.41) is 7.66. The van der Waals surface area contributed by atoms with Crippen molar-refractivity contribution in [2.24, 2.45) is 4.99 Å². The van der Waals surface area contributed by atoms with Gasteiger partial charge >= 0.3 is 0 Å². The van der Waals surface area contributed by atoms with Crippen LogP contribution in [0.2, 0.25) is 0 Å². The molecular formula is C19H30IN5O. The highest BCUT2D eigenvalue weighted by atomic mass is 127. The summed E-state index contributed by atoms with van der Waals surface area (Å²) >= 11 is 0. The van der Waals surface area contributed by atoms with Crippen molar-refractivity contribution in [1.29, 1.82) is 0 Å². The van der Waals surface area contributed by atoms with Crippen molar-refractivity contribution < 1.29 is 4.74 Å². The minimum absolute atomic E-state index is 0. The molecule has 0 saturated carbocycles. The summed E-state index contributed by atoms with van der Waals surface area (Å²) in [7, 11) is 3.74. The molecule has 0 aliphatic rings. The van der Waals surface area contributed by atoms with Crippen LogP contribution < -0.4 is 10.1 Å². The number of halogens is 1. The molecule has 0 saturated heterocycles. The number of aromatic nitrogens is 2. The van der Waals surface area contributed by atoms with Crippen LogP contribution in [0.3, 0.4) is 0 Å². The highest BCUT2D eigenvalue weighted by molar-refractivity contribution is 14.0. The number of ether oxygens (including phenoxy) is 1. The molecule has 6 nitrogen and oxygen atoms in total. The smallest absolute Gasteiger partial charge is 0.193 e. The largest absolute Gasteiger partial charge is 0.497 e. The highest BCUT2D eigenvalue weighted by Gasteiger charge is 2.06. The van der Waals surface area contributed by atoms with Crippen LogP contribution in [0.4, 0.5) is 0 Å². The van der Waals surface area contributed by atoms with E-state index < -0.39 is 0 Å². The SMILES string of the molecule is CCNC(=NCCCn1cc(C)cn1)N(C)Cc1ccc(OC)cc1.I. The second-order valence-corrected chi connectivity index (χ2v) is 6.07. The number of nitrogens with zero attached hydrogens (tertiary/aromatic N) is 4. The molecular weight excluding hydrogens is 441 g/mol. The van der Waals surface area contributed by atoms with Crippen LogP contribution in [0, 0.1) is 6.92 Å². The Morgan fingerprint density at radius 1 is 1.31 bits per heavy atom. The Kier molecular flexibility index (Phi) is 10.1. The summed E-state index contributed by atoms with van der Waals surface area (Å²) in [6, 6.07) is 8.14. The minimum atomic E-state index is 0. The molecule has 0 bridgehead atoms. The summed E-state index contributed by atoms with van der Waals surface area (Å²) in [4.78, 5) is 6.87. The zero-order valence-electron chi connectivity index (χ0n) is 16.1. The van der Waals surface area contributed by atoms with E-state index in [2.05, 4.69) is 54.5 Å². The summed E-state index contributed by atoms with van der Waals surface area (Å²) in [5.74, 6) is 1.80. The standard InChI is InChI=1S/C19H29N5O.HI/c1-5-20-19(21-11-6-12-24-14-16(2)13-22-24)23(3)15-17-7-9-18(25-4)10-8-17;/h7-10,13-14H,5-6,11-12,15H2,1-4H3,(H,20,21);1H. The van der Waals surface area contributed by atoms with Crippen LogP contribution in [0.1, 0.15) is 24.5 Å². The lowest BCUT2D eigenvalue weighted by atomic mass is 10.2. The Balaban J connectivity index is 0.00000338. The van der Waals surface area contributed by atoms with E-state index in [4.69, 9.17) is 9.73 Å². The number of aryl methyl sites for hydroxylation is 2. The molecule has 0 spiro atoms. The maximum Gasteiger partial charge on any atom is 0.193 e. The van der Waals surface area contributed by atoms with Crippen molar-refractivity contribution in [2.45, 2.75) is 33.4 Å². The Bertz CT molecular complexity index is 669. The zero-order chi connectivity index (χ0) is 18.1. The second-order valence-electron chi connectivity index (χ2n) is 6.07. The number of hydrogen-bond acceptors (Lipinski definition) is 3. The van der Waals surface area contributed by atoms with E-state index >= 15 is 0 Å². The number of rotatable bonds is 8. The van der Waals surface area contributed by atoms with Crippen molar-refractivity contribution in [3.8, 4) is 5.75 Å². The van der Waals surface area contributed by atoms with Crippen LogP contribution in [-0.4, -0.2) is 47.9 Å². The summed E-state index contributed by atoms with van der Waals surface area (Å²) in [6.45, 7) is 7.45. The Morgan fingerprint density at radius 2 is 2.04 bits per heavy atom. The lowest BCUT2D eigenvalue weighted by molar-refractivity contribution is 0.414. The molecule has 0 fully saturated rings. The molecule has 1 N–H and O–H groups in total.